The van der Waals surface area contributed by atoms with Crippen molar-refractivity contribution in [3.05, 3.63) is 129 Å². The zero-order valence-corrected chi connectivity index (χ0v) is 25.9. The summed E-state index contributed by atoms with van der Waals surface area (Å²) in [5.74, 6) is 1.57. The average Bonchev–Trinajstić information content (AvgIpc) is 3.29. The van der Waals surface area contributed by atoms with E-state index in [2.05, 4.69) is 28.4 Å². The molecule has 0 atom stereocenters. The number of carbonyl (C=O) groups is 2. The minimum absolute atomic E-state index is 0.155. The van der Waals surface area contributed by atoms with Crippen LogP contribution in [0.5, 0.6) is 11.5 Å². The third-order valence-corrected chi connectivity index (χ3v) is 9.96. The Balaban J connectivity index is 1.06. The fourth-order valence-electron chi connectivity index (χ4n) is 7.27. The van der Waals surface area contributed by atoms with Gasteiger partial charge in [0, 0.05) is 28.1 Å². The minimum atomic E-state index is -1.24. The van der Waals surface area contributed by atoms with Gasteiger partial charge in [-0.25, -0.2) is 4.79 Å². The lowest BCUT2D eigenvalue weighted by Gasteiger charge is -2.46. The quantitative estimate of drug-likeness (QED) is 0.234. The lowest BCUT2D eigenvalue weighted by Crippen LogP contribution is -2.46. The smallest absolute Gasteiger partial charge is 0.325 e. The number of fused-ring (bicyclic) bond motifs is 4. The number of urea groups is 1. The molecule has 2 fully saturated rings. The highest BCUT2D eigenvalue weighted by atomic mass is 35.5. The number of aryl methyl sites for hydroxylation is 2. The van der Waals surface area contributed by atoms with E-state index in [1.165, 1.54) is 10.5 Å². The maximum Gasteiger partial charge on any atom is 0.325 e. The fraction of sp³-hybridized carbons (Fsp3) is 0.297. The van der Waals surface area contributed by atoms with Crippen LogP contribution in [0.4, 0.5) is 4.79 Å². The van der Waals surface area contributed by atoms with Gasteiger partial charge in [0.1, 0.15) is 11.5 Å². The first-order valence-electron chi connectivity index (χ1n) is 15.4. The lowest BCUT2D eigenvalue weighted by atomic mass is 9.66. The first kappa shape index (κ1) is 28.6. The van der Waals surface area contributed by atoms with E-state index in [-0.39, 0.29) is 17.4 Å². The maximum atomic E-state index is 14.2. The van der Waals surface area contributed by atoms with Gasteiger partial charge in [-0.15, -0.1) is 0 Å². The van der Waals surface area contributed by atoms with E-state index < -0.39 is 5.54 Å². The van der Waals surface area contributed by atoms with Crippen molar-refractivity contribution in [3.8, 4) is 11.5 Å². The molecule has 224 valence electrons. The zero-order chi connectivity index (χ0) is 30.5. The van der Waals surface area contributed by atoms with Crippen LogP contribution in [-0.2, 0) is 15.7 Å². The summed E-state index contributed by atoms with van der Waals surface area (Å²) in [5.41, 5.74) is 4.72. The molecule has 0 saturated carbocycles. The van der Waals surface area contributed by atoms with Crippen LogP contribution in [0.15, 0.2) is 91.0 Å². The number of imide groups is 1. The Kier molecular flexibility index (Phi) is 7.22. The summed E-state index contributed by atoms with van der Waals surface area (Å²) in [7, 11) is 0. The Bertz CT molecular complexity index is 1680. The Morgan fingerprint density at radius 2 is 1.39 bits per heavy atom. The van der Waals surface area contributed by atoms with Gasteiger partial charge in [-0.3, -0.25) is 9.69 Å². The molecule has 0 aliphatic carbocycles. The average molecular weight is 606 g/mol. The van der Waals surface area contributed by atoms with Gasteiger partial charge in [-0.1, -0.05) is 89.5 Å². The van der Waals surface area contributed by atoms with E-state index in [1.807, 2.05) is 86.6 Å². The highest BCUT2D eigenvalue weighted by Gasteiger charge is 2.53. The summed E-state index contributed by atoms with van der Waals surface area (Å²) < 4.78 is 6.27. The molecule has 44 heavy (non-hydrogen) atoms. The van der Waals surface area contributed by atoms with Crippen LogP contribution in [0.25, 0.3) is 0 Å². The molecule has 7 rings (SSSR count). The van der Waals surface area contributed by atoms with Crippen LogP contribution in [0, 0.1) is 13.8 Å². The molecule has 4 aromatic carbocycles. The monoisotopic (exact) mass is 605 g/mol. The number of ether oxygens (including phenoxy) is 1. The number of para-hydroxylation sites is 1. The number of nitrogens with zero attached hydrogens (tertiary/aromatic N) is 2. The fourth-order valence-corrected chi connectivity index (χ4v) is 7.45. The molecule has 2 saturated heterocycles. The number of rotatable bonds is 6. The molecule has 7 heteroatoms. The molecule has 0 aromatic heterocycles. The van der Waals surface area contributed by atoms with Crippen LogP contribution in [0.2, 0.25) is 5.02 Å². The molecule has 1 spiro atoms. The molecule has 1 N–H and O–H groups in total. The van der Waals surface area contributed by atoms with Gasteiger partial charge in [-0.05, 0) is 88.1 Å². The molecule has 0 bridgehead atoms. The second kappa shape index (κ2) is 11.1. The summed E-state index contributed by atoms with van der Waals surface area (Å²) in [6.45, 7) is 6.99. The van der Waals surface area contributed by atoms with Crippen molar-refractivity contribution in [1.29, 1.82) is 0 Å². The molecule has 6 nitrogen and oxygen atoms in total. The second-order valence-electron chi connectivity index (χ2n) is 12.4. The van der Waals surface area contributed by atoms with Crippen molar-refractivity contribution in [2.75, 3.05) is 26.2 Å². The van der Waals surface area contributed by atoms with Gasteiger partial charge in [0.25, 0.3) is 5.91 Å². The SMILES string of the molecule is Cc1ccc(C2(c3ccc(C)cc3)NC(=O)N(CCCN3CCC4(CC3)c3ccccc3Oc3ccc(Cl)cc34)C2=O)cc1. The van der Waals surface area contributed by atoms with Crippen LogP contribution in [0.3, 0.4) is 0 Å². The first-order valence-corrected chi connectivity index (χ1v) is 15.8. The van der Waals surface area contributed by atoms with Crippen LogP contribution in [0.1, 0.15) is 52.6 Å². The van der Waals surface area contributed by atoms with Gasteiger partial charge in [0.2, 0.25) is 0 Å². The van der Waals surface area contributed by atoms with Gasteiger partial charge in [-0.2, -0.15) is 0 Å². The number of amides is 3. The highest BCUT2D eigenvalue weighted by molar-refractivity contribution is 6.30. The number of piperidine rings is 1. The van der Waals surface area contributed by atoms with E-state index in [0.29, 0.717) is 13.0 Å². The highest BCUT2D eigenvalue weighted by Crippen LogP contribution is 2.53. The van der Waals surface area contributed by atoms with E-state index in [4.69, 9.17) is 16.3 Å². The van der Waals surface area contributed by atoms with E-state index in [9.17, 15) is 9.59 Å². The number of hydrogen-bond donors (Lipinski definition) is 1. The third kappa shape index (κ3) is 4.68. The largest absolute Gasteiger partial charge is 0.457 e. The van der Waals surface area contributed by atoms with Gasteiger partial charge >= 0.3 is 6.03 Å². The predicted octanol–water partition coefficient (Wildman–Crippen LogP) is 7.33. The number of nitrogens with one attached hydrogen (secondary N) is 1. The maximum absolute atomic E-state index is 14.2. The van der Waals surface area contributed by atoms with Crippen molar-refractivity contribution in [2.24, 2.45) is 0 Å². The standard InChI is InChI=1S/C37H36ClN3O3/c1-25-8-12-27(13-9-25)37(28-14-10-26(2)11-15-28)34(42)41(35(43)39-37)21-5-20-40-22-18-36(19-23-40)30-6-3-4-7-32(30)44-33-17-16-29(38)24-31(33)36/h3-4,6-17,24H,5,18-23H2,1-2H3,(H,39,43). The summed E-state index contributed by atoms with van der Waals surface area (Å²) in [6.07, 6.45) is 2.58. The van der Waals surface area contributed by atoms with Crippen molar-refractivity contribution in [3.63, 3.8) is 0 Å². The van der Waals surface area contributed by atoms with Crippen molar-refractivity contribution in [2.45, 2.75) is 44.1 Å². The van der Waals surface area contributed by atoms with Gasteiger partial charge < -0.3 is 15.0 Å². The number of benzene rings is 4. The Morgan fingerprint density at radius 1 is 0.773 bits per heavy atom. The molecule has 4 aromatic rings. The van der Waals surface area contributed by atoms with E-state index >= 15 is 0 Å². The first-order chi connectivity index (χ1) is 21.3. The molecule has 3 aliphatic rings. The van der Waals surface area contributed by atoms with Crippen molar-refractivity contribution < 1.29 is 14.3 Å². The minimum Gasteiger partial charge on any atom is -0.457 e. The van der Waals surface area contributed by atoms with Gasteiger partial charge in [0.15, 0.2) is 5.54 Å². The number of carbonyl (C=O) groups excluding carboxylic acids is 2. The molecule has 0 unspecified atom stereocenters. The molecular weight excluding hydrogens is 570 g/mol. The lowest BCUT2D eigenvalue weighted by molar-refractivity contribution is -0.130. The number of hydrogen-bond acceptors (Lipinski definition) is 4. The Morgan fingerprint density at radius 3 is 2.05 bits per heavy atom. The van der Waals surface area contributed by atoms with Crippen LogP contribution in [-0.4, -0.2) is 47.9 Å². The van der Waals surface area contributed by atoms with Crippen LogP contribution >= 0.6 is 11.6 Å². The Hall–Kier alpha value is -4.13. The normalized spacial score (nSPS) is 18.5. The molecule has 3 heterocycles. The summed E-state index contributed by atoms with van der Waals surface area (Å²) >= 11 is 6.47. The predicted molar refractivity (Wildman–Crippen MR) is 172 cm³/mol. The molecule has 3 amide bonds. The molecule has 3 aliphatic heterocycles. The van der Waals surface area contributed by atoms with Crippen molar-refractivity contribution in [1.82, 2.24) is 15.1 Å². The Labute approximate surface area is 263 Å². The van der Waals surface area contributed by atoms with E-state index in [1.54, 1.807) is 0 Å². The molecule has 0 radical (unpaired) electrons. The van der Waals surface area contributed by atoms with Crippen molar-refractivity contribution >= 4 is 23.5 Å². The van der Waals surface area contributed by atoms with Gasteiger partial charge in [0.05, 0.1) is 0 Å². The summed E-state index contributed by atoms with van der Waals surface area (Å²) in [4.78, 5) is 31.4. The van der Waals surface area contributed by atoms with Crippen LogP contribution < -0.4 is 10.1 Å². The zero-order valence-electron chi connectivity index (χ0n) is 25.1. The topological polar surface area (TPSA) is 61.9 Å². The summed E-state index contributed by atoms with van der Waals surface area (Å²) in [5, 5.41) is 3.81. The third-order valence-electron chi connectivity index (χ3n) is 9.72. The number of halogens is 1. The van der Waals surface area contributed by atoms with E-state index in [0.717, 1.165) is 76.8 Å². The summed E-state index contributed by atoms with van der Waals surface area (Å²) in [6, 6.07) is 29.6. The number of likely N-dealkylation sites (tertiary alicyclic amines) is 1. The second-order valence-corrected chi connectivity index (χ2v) is 12.8. The molecular formula is C37H36ClN3O3.